The average molecular weight is 289 g/mol. The third kappa shape index (κ3) is 3.04. The second-order valence-corrected chi connectivity index (χ2v) is 6.23. The highest BCUT2D eigenvalue weighted by atomic mass is 32.2. The van der Waals surface area contributed by atoms with Crippen molar-refractivity contribution >= 4 is 11.8 Å². The van der Waals surface area contributed by atoms with Crippen LogP contribution in [0.2, 0.25) is 0 Å². The zero-order valence-corrected chi connectivity index (χ0v) is 12.2. The Hall–Kier alpha value is -1.33. The molecule has 1 aliphatic rings. The zero-order chi connectivity index (χ0) is 13.8. The quantitative estimate of drug-likeness (QED) is 0.856. The summed E-state index contributed by atoms with van der Waals surface area (Å²) in [6.45, 7) is 0.709. The summed E-state index contributed by atoms with van der Waals surface area (Å²) in [4.78, 5) is 5.77. The van der Waals surface area contributed by atoms with Gasteiger partial charge in [-0.25, -0.2) is 0 Å². The van der Waals surface area contributed by atoms with E-state index in [0.29, 0.717) is 18.4 Å². The first-order valence-corrected chi connectivity index (χ1v) is 8.06. The smallest absolute Gasteiger partial charge is 0.230 e. The molecule has 0 amide bonds. The standard InChI is InChI=1S/C15H19N3OS/c16-9-11-5-4-8-13(11)15-17-14(18-19-15)10-20-12-6-2-1-3-7-12/h1-3,6-7,11,13H,4-5,8-10,16H2. The fourth-order valence-electron chi connectivity index (χ4n) is 2.79. The molecule has 0 saturated heterocycles. The van der Waals surface area contributed by atoms with E-state index in [0.717, 1.165) is 23.9 Å². The number of hydrogen-bond acceptors (Lipinski definition) is 5. The first kappa shape index (κ1) is 13.6. The van der Waals surface area contributed by atoms with Gasteiger partial charge in [0.25, 0.3) is 0 Å². The van der Waals surface area contributed by atoms with E-state index >= 15 is 0 Å². The van der Waals surface area contributed by atoms with Crippen molar-refractivity contribution in [2.24, 2.45) is 11.7 Å². The normalized spacial score (nSPS) is 22.2. The van der Waals surface area contributed by atoms with Crippen LogP contribution >= 0.6 is 11.8 Å². The van der Waals surface area contributed by atoms with E-state index in [1.807, 2.05) is 18.2 Å². The topological polar surface area (TPSA) is 64.9 Å². The first-order valence-electron chi connectivity index (χ1n) is 7.07. The lowest BCUT2D eigenvalue weighted by Crippen LogP contribution is -2.17. The van der Waals surface area contributed by atoms with Crippen LogP contribution in [-0.4, -0.2) is 16.7 Å². The van der Waals surface area contributed by atoms with Crippen molar-refractivity contribution in [3.8, 4) is 0 Å². The molecular weight excluding hydrogens is 270 g/mol. The number of benzene rings is 1. The van der Waals surface area contributed by atoms with Crippen molar-refractivity contribution in [1.82, 2.24) is 10.1 Å². The molecule has 0 spiro atoms. The molecule has 1 aliphatic carbocycles. The fourth-order valence-corrected chi connectivity index (χ4v) is 3.55. The lowest BCUT2D eigenvalue weighted by molar-refractivity contribution is 0.324. The van der Waals surface area contributed by atoms with Gasteiger partial charge in [-0.1, -0.05) is 29.8 Å². The molecule has 2 N–H and O–H groups in total. The fraction of sp³-hybridized carbons (Fsp3) is 0.467. The Bertz CT molecular complexity index is 543. The molecule has 106 valence electrons. The Morgan fingerprint density at radius 2 is 2.10 bits per heavy atom. The monoisotopic (exact) mass is 289 g/mol. The van der Waals surface area contributed by atoms with E-state index in [2.05, 4.69) is 22.3 Å². The summed E-state index contributed by atoms with van der Waals surface area (Å²) in [6.07, 6.45) is 3.51. The molecule has 2 atom stereocenters. The lowest BCUT2D eigenvalue weighted by Gasteiger charge is -2.12. The first-order chi connectivity index (χ1) is 9.86. The second kappa shape index (κ2) is 6.41. The molecule has 2 unspecified atom stereocenters. The molecule has 20 heavy (non-hydrogen) atoms. The summed E-state index contributed by atoms with van der Waals surface area (Å²) in [5.41, 5.74) is 5.81. The van der Waals surface area contributed by atoms with E-state index in [1.54, 1.807) is 11.8 Å². The average Bonchev–Trinajstić information content (AvgIpc) is 3.14. The van der Waals surface area contributed by atoms with Crippen LogP contribution in [0.3, 0.4) is 0 Å². The van der Waals surface area contributed by atoms with Crippen LogP contribution in [-0.2, 0) is 5.75 Å². The Morgan fingerprint density at radius 1 is 1.25 bits per heavy atom. The number of thioether (sulfide) groups is 1. The van der Waals surface area contributed by atoms with E-state index < -0.39 is 0 Å². The molecule has 4 nitrogen and oxygen atoms in total. The SMILES string of the molecule is NCC1CCCC1c1nc(CSc2ccccc2)no1. The summed E-state index contributed by atoms with van der Waals surface area (Å²) >= 11 is 1.73. The minimum absolute atomic E-state index is 0.364. The van der Waals surface area contributed by atoms with Crippen molar-refractivity contribution in [3.63, 3.8) is 0 Å². The summed E-state index contributed by atoms with van der Waals surface area (Å²) in [6, 6.07) is 10.3. The molecule has 1 heterocycles. The molecule has 2 aromatic rings. The van der Waals surface area contributed by atoms with Gasteiger partial charge in [0.1, 0.15) is 0 Å². The third-order valence-electron chi connectivity index (χ3n) is 3.87. The van der Waals surface area contributed by atoms with E-state index in [9.17, 15) is 0 Å². The third-order valence-corrected chi connectivity index (χ3v) is 4.88. The Balaban J connectivity index is 1.62. The molecule has 5 heteroatoms. The van der Waals surface area contributed by atoms with Crippen LogP contribution in [0.4, 0.5) is 0 Å². The highest BCUT2D eigenvalue weighted by Crippen LogP contribution is 2.38. The molecule has 1 aromatic heterocycles. The van der Waals surface area contributed by atoms with Crippen LogP contribution in [0.15, 0.2) is 39.8 Å². The number of nitrogens with two attached hydrogens (primary N) is 1. The van der Waals surface area contributed by atoms with Crippen LogP contribution in [0.25, 0.3) is 0 Å². The molecule has 0 radical (unpaired) electrons. The maximum atomic E-state index is 5.81. The van der Waals surface area contributed by atoms with Gasteiger partial charge in [0.15, 0.2) is 5.82 Å². The zero-order valence-electron chi connectivity index (χ0n) is 11.4. The van der Waals surface area contributed by atoms with Gasteiger partial charge in [-0.2, -0.15) is 4.98 Å². The van der Waals surface area contributed by atoms with Crippen molar-refractivity contribution in [2.75, 3.05) is 6.54 Å². The van der Waals surface area contributed by atoms with E-state index in [4.69, 9.17) is 10.3 Å². The van der Waals surface area contributed by atoms with Gasteiger partial charge in [0, 0.05) is 10.8 Å². The predicted molar refractivity (Wildman–Crippen MR) is 79.4 cm³/mol. The van der Waals surface area contributed by atoms with Crippen LogP contribution in [0, 0.1) is 5.92 Å². The molecule has 3 rings (SSSR count). The van der Waals surface area contributed by atoms with Crippen molar-refractivity contribution in [2.45, 2.75) is 35.8 Å². The van der Waals surface area contributed by atoms with Gasteiger partial charge >= 0.3 is 0 Å². The number of nitrogens with zero attached hydrogens (tertiary/aromatic N) is 2. The van der Waals surface area contributed by atoms with Gasteiger partial charge in [0.05, 0.1) is 5.75 Å². The van der Waals surface area contributed by atoms with Crippen LogP contribution in [0.5, 0.6) is 0 Å². The van der Waals surface area contributed by atoms with Gasteiger partial charge in [-0.15, -0.1) is 11.8 Å². The number of aromatic nitrogens is 2. The highest BCUT2D eigenvalue weighted by Gasteiger charge is 2.31. The van der Waals surface area contributed by atoms with E-state index in [-0.39, 0.29) is 0 Å². The van der Waals surface area contributed by atoms with Gasteiger partial charge < -0.3 is 10.3 Å². The van der Waals surface area contributed by atoms with Crippen molar-refractivity contribution in [3.05, 3.63) is 42.0 Å². The molecule has 1 fully saturated rings. The van der Waals surface area contributed by atoms with Crippen molar-refractivity contribution in [1.29, 1.82) is 0 Å². The molecular formula is C15H19N3OS. The molecule has 1 aromatic carbocycles. The summed E-state index contributed by atoms with van der Waals surface area (Å²) < 4.78 is 5.44. The largest absolute Gasteiger partial charge is 0.339 e. The highest BCUT2D eigenvalue weighted by molar-refractivity contribution is 7.98. The Labute approximate surface area is 123 Å². The Kier molecular flexibility index (Phi) is 4.38. The molecule has 0 aliphatic heterocycles. The van der Waals surface area contributed by atoms with Crippen LogP contribution < -0.4 is 5.73 Å². The molecule has 1 saturated carbocycles. The van der Waals surface area contributed by atoms with E-state index in [1.165, 1.54) is 17.7 Å². The summed E-state index contributed by atoms with van der Waals surface area (Å²) in [5.74, 6) is 3.17. The lowest BCUT2D eigenvalue weighted by atomic mass is 9.96. The van der Waals surface area contributed by atoms with Gasteiger partial charge in [-0.3, -0.25) is 0 Å². The van der Waals surface area contributed by atoms with Gasteiger partial charge in [0.2, 0.25) is 5.89 Å². The minimum Gasteiger partial charge on any atom is -0.339 e. The van der Waals surface area contributed by atoms with Crippen LogP contribution in [0.1, 0.15) is 36.9 Å². The maximum Gasteiger partial charge on any atom is 0.230 e. The predicted octanol–water partition coefficient (Wildman–Crippen LogP) is 3.20. The second-order valence-electron chi connectivity index (χ2n) is 5.18. The minimum atomic E-state index is 0.364. The van der Waals surface area contributed by atoms with Gasteiger partial charge in [-0.05, 0) is 37.4 Å². The number of rotatable bonds is 5. The molecule has 0 bridgehead atoms. The maximum absolute atomic E-state index is 5.81. The summed E-state index contributed by atoms with van der Waals surface area (Å²) in [7, 11) is 0. The Morgan fingerprint density at radius 3 is 2.90 bits per heavy atom. The number of hydrogen-bond donors (Lipinski definition) is 1. The van der Waals surface area contributed by atoms with Crippen molar-refractivity contribution < 1.29 is 4.52 Å². The summed E-state index contributed by atoms with van der Waals surface area (Å²) in [5, 5.41) is 4.10.